The minimum absolute atomic E-state index is 0.220. The van der Waals surface area contributed by atoms with Gasteiger partial charge in [-0.15, -0.1) is 5.10 Å². The Kier molecular flexibility index (Phi) is 7.54. The summed E-state index contributed by atoms with van der Waals surface area (Å²) in [6, 6.07) is 18.3. The number of nitrogens with one attached hydrogen (secondary N) is 1. The first-order chi connectivity index (χ1) is 18.8. The molecule has 0 bridgehead atoms. The first kappa shape index (κ1) is 26.6. The molecule has 1 N–H and O–H groups in total. The summed E-state index contributed by atoms with van der Waals surface area (Å²) in [5.74, 6) is 2.01. The van der Waals surface area contributed by atoms with Crippen molar-refractivity contribution in [3.05, 3.63) is 105 Å². The maximum absolute atomic E-state index is 13.7. The fourth-order valence-electron chi connectivity index (χ4n) is 4.64. The van der Waals surface area contributed by atoms with Crippen LogP contribution >= 0.6 is 11.6 Å². The van der Waals surface area contributed by atoms with E-state index in [0.717, 1.165) is 23.1 Å². The molecule has 1 unspecified atom stereocenters. The molecule has 0 amide bonds. The van der Waals surface area contributed by atoms with E-state index in [1.807, 2.05) is 65.3 Å². The second-order valence-corrected chi connectivity index (χ2v) is 10.6. The number of benzene rings is 2. The van der Waals surface area contributed by atoms with E-state index in [0.29, 0.717) is 40.8 Å². The number of halogens is 1. The number of fused-ring (bicyclic) bond motifs is 1. The maximum Gasteiger partial charge on any atom is 0.253 e. The molecule has 0 saturated heterocycles. The van der Waals surface area contributed by atoms with Gasteiger partial charge in [0.2, 0.25) is 0 Å². The van der Waals surface area contributed by atoms with Gasteiger partial charge in [0.05, 0.1) is 25.5 Å². The lowest BCUT2D eigenvalue weighted by atomic mass is 9.98. The fourth-order valence-corrected chi connectivity index (χ4v) is 4.77. The fraction of sp³-hybridized carbons (Fsp3) is 0.310. The molecule has 3 heterocycles. The second-order valence-electron chi connectivity index (χ2n) is 10.1. The monoisotopic (exact) mass is 546 g/mol. The molecule has 0 spiro atoms. The van der Waals surface area contributed by atoms with Crippen molar-refractivity contribution in [3.8, 4) is 5.75 Å². The molecule has 9 nitrogen and oxygen atoms in total. The zero-order valence-electron chi connectivity index (χ0n) is 22.4. The van der Waals surface area contributed by atoms with Crippen LogP contribution in [0.25, 0.3) is 10.9 Å². The third-order valence-electron chi connectivity index (χ3n) is 7.15. The van der Waals surface area contributed by atoms with Crippen molar-refractivity contribution in [1.29, 1.82) is 0 Å². The Bertz CT molecular complexity index is 1610. The predicted molar refractivity (Wildman–Crippen MR) is 150 cm³/mol. The molecule has 0 aliphatic carbocycles. The standard InChI is InChI=1S/C29H31ClN6O3/c1-5-29(2,3)36-27(32-33-34-36)26(24-16-20-15-22(38-4)12-13-25(20)31-28(24)37)35(18-23-7-6-14-39-23)17-19-8-10-21(30)11-9-19/h6-16,26H,5,17-18H2,1-4H3,(H,31,37). The van der Waals surface area contributed by atoms with Crippen LogP contribution in [0.4, 0.5) is 0 Å². The van der Waals surface area contributed by atoms with Crippen LogP contribution < -0.4 is 10.3 Å². The highest BCUT2D eigenvalue weighted by Crippen LogP contribution is 2.33. The van der Waals surface area contributed by atoms with E-state index >= 15 is 0 Å². The van der Waals surface area contributed by atoms with Crippen LogP contribution in [0.3, 0.4) is 0 Å². The van der Waals surface area contributed by atoms with E-state index in [1.165, 1.54) is 0 Å². The topological polar surface area (TPSA) is 102 Å². The van der Waals surface area contributed by atoms with Gasteiger partial charge in [-0.1, -0.05) is 30.7 Å². The minimum Gasteiger partial charge on any atom is -0.497 e. The van der Waals surface area contributed by atoms with Gasteiger partial charge in [-0.3, -0.25) is 9.69 Å². The summed E-state index contributed by atoms with van der Waals surface area (Å²) in [7, 11) is 1.62. The number of rotatable bonds is 10. The van der Waals surface area contributed by atoms with Crippen molar-refractivity contribution in [2.45, 2.75) is 51.9 Å². The van der Waals surface area contributed by atoms with Gasteiger partial charge < -0.3 is 14.1 Å². The molecular weight excluding hydrogens is 516 g/mol. The summed E-state index contributed by atoms with van der Waals surface area (Å²) in [6.07, 6.45) is 2.43. The zero-order chi connectivity index (χ0) is 27.6. The van der Waals surface area contributed by atoms with E-state index in [1.54, 1.807) is 13.4 Å². The number of aromatic nitrogens is 5. The van der Waals surface area contributed by atoms with E-state index in [4.69, 9.17) is 20.8 Å². The van der Waals surface area contributed by atoms with Crippen molar-refractivity contribution >= 4 is 22.5 Å². The molecule has 10 heteroatoms. The smallest absolute Gasteiger partial charge is 0.253 e. The van der Waals surface area contributed by atoms with Crippen LogP contribution in [0.15, 0.2) is 76.1 Å². The number of methoxy groups -OCH3 is 1. The molecule has 5 rings (SSSR count). The van der Waals surface area contributed by atoms with E-state index in [2.05, 4.69) is 46.2 Å². The lowest BCUT2D eigenvalue weighted by molar-refractivity contribution is 0.168. The summed E-state index contributed by atoms with van der Waals surface area (Å²) in [5, 5.41) is 14.4. The molecule has 202 valence electrons. The maximum atomic E-state index is 13.7. The number of ether oxygens (including phenoxy) is 1. The Balaban J connectivity index is 1.73. The Labute approximate surface area is 231 Å². The number of pyridine rings is 1. The highest BCUT2D eigenvalue weighted by atomic mass is 35.5. The number of hydrogen-bond acceptors (Lipinski definition) is 7. The van der Waals surface area contributed by atoms with Crippen LogP contribution in [-0.2, 0) is 18.6 Å². The van der Waals surface area contributed by atoms with Gasteiger partial charge in [-0.25, -0.2) is 4.68 Å². The van der Waals surface area contributed by atoms with E-state index < -0.39 is 6.04 Å². The third kappa shape index (κ3) is 5.60. The van der Waals surface area contributed by atoms with Crippen molar-refractivity contribution in [2.24, 2.45) is 0 Å². The molecule has 3 aromatic heterocycles. The number of aromatic amines is 1. The first-order valence-electron chi connectivity index (χ1n) is 12.8. The predicted octanol–water partition coefficient (Wildman–Crippen LogP) is 5.71. The van der Waals surface area contributed by atoms with Crippen LogP contribution in [0.5, 0.6) is 5.75 Å². The molecule has 0 aliphatic heterocycles. The highest BCUT2D eigenvalue weighted by molar-refractivity contribution is 6.30. The van der Waals surface area contributed by atoms with Crippen molar-refractivity contribution in [1.82, 2.24) is 30.1 Å². The summed E-state index contributed by atoms with van der Waals surface area (Å²) in [6.45, 7) is 7.14. The van der Waals surface area contributed by atoms with Gasteiger partial charge in [0.25, 0.3) is 5.56 Å². The van der Waals surface area contributed by atoms with Gasteiger partial charge in [-0.05, 0) is 84.8 Å². The van der Waals surface area contributed by atoms with Gasteiger partial charge in [0, 0.05) is 28.0 Å². The van der Waals surface area contributed by atoms with Crippen LogP contribution in [0, 0.1) is 0 Å². The summed E-state index contributed by atoms with van der Waals surface area (Å²) < 4.78 is 13.0. The van der Waals surface area contributed by atoms with Crippen LogP contribution in [-0.4, -0.2) is 37.2 Å². The lowest BCUT2D eigenvalue weighted by Crippen LogP contribution is -2.38. The average molecular weight is 547 g/mol. The molecule has 2 aromatic carbocycles. The Morgan fingerprint density at radius 1 is 1.13 bits per heavy atom. The second kappa shape index (κ2) is 11.0. The highest BCUT2D eigenvalue weighted by Gasteiger charge is 2.35. The molecular formula is C29H31ClN6O3. The van der Waals surface area contributed by atoms with Gasteiger partial charge in [-0.2, -0.15) is 0 Å². The van der Waals surface area contributed by atoms with Crippen LogP contribution in [0.2, 0.25) is 5.02 Å². The van der Waals surface area contributed by atoms with Crippen LogP contribution in [0.1, 0.15) is 55.9 Å². The van der Waals surface area contributed by atoms with E-state index in [-0.39, 0.29) is 11.1 Å². The SMILES string of the molecule is CCC(C)(C)n1nnnc1C(c1cc2cc(OC)ccc2[nH]c1=O)N(Cc1ccc(Cl)cc1)Cc1ccco1. The summed E-state index contributed by atoms with van der Waals surface area (Å²) in [4.78, 5) is 18.9. The largest absolute Gasteiger partial charge is 0.497 e. The Morgan fingerprint density at radius 3 is 2.62 bits per heavy atom. The zero-order valence-corrected chi connectivity index (χ0v) is 23.1. The Hall–Kier alpha value is -3.95. The molecule has 1 atom stereocenters. The van der Waals surface area contributed by atoms with Crippen molar-refractivity contribution < 1.29 is 9.15 Å². The normalized spacial score (nSPS) is 12.8. The molecule has 0 saturated carbocycles. The van der Waals surface area contributed by atoms with Crippen molar-refractivity contribution in [3.63, 3.8) is 0 Å². The lowest BCUT2D eigenvalue weighted by Gasteiger charge is -2.33. The molecule has 0 fully saturated rings. The molecule has 5 aromatic rings. The number of hydrogen-bond donors (Lipinski definition) is 1. The summed E-state index contributed by atoms with van der Waals surface area (Å²) in [5.41, 5.74) is 1.64. The first-order valence-corrected chi connectivity index (χ1v) is 13.2. The van der Waals surface area contributed by atoms with Crippen molar-refractivity contribution in [2.75, 3.05) is 7.11 Å². The quantitative estimate of drug-likeness (QED) is 0.239. The Morgan fingerprint density at radius 2 is 1.92 bits per heavy atom. The number of tetrazole rings is 1. The average Bonchev–Trinajstić information content (AvgIpc) is 3.63. The van der Waals surface area contributed by atoms with E-state index in [9.17, 15) is 4.79 Å². The summed E-state index contributed by atoms with van der Waals surface area (Å²) >= 11 is 6.18. The molecule has 0 aliphatic rings. The van der Waals surface area contributed by atoms with Gasteiger partial charge >= 0.3 is 0 Å². The third-order valence-corrected chi connectivity index (χ3v) is 7.41. The minimum atomic E-state index is -0.606. The number of furan rings is 1. The number of H-pyrrole nitrogens is 1. The van der Waals surface area contributed by atoms with Gasteiger partial charge in [0.15, 0.2) is 5.82 Å². The van der Waals surface area contributed by atoms with Gasteiger partial charge in [0.1, 0.15) is 17.6 Å². The molecule has 39 heavy (non-hydrogen) atoms. The molecule has 0 radical (unpaired) electrons. The number of nitrogens with zero attached hydrogens (tertiary/aromatic N) is 5.